The summed E-state index contributed by atoms with van der Waals surface area (Å²) in [5, 5.41) is 0. The first kappa shape index (κ1) is 14.5. The van der Waals surface area contributed by atoms with E-state index < -0.39 is 0 Å². The van der Waals surface area contributed by atoms with Crippen molar-refractivity contribution in [1.29, 1.82) is 0 Å². The Labute approximate surface area is 94.4 Å². The second-order valence-corrected chi connectivity index (χ2v) is 5.11. The van der Waals surface area contributed by atoms with Crippen LogP contribution in [0.15, 0.2) is 0 Å². The van der Waals surface area contributed by atoms with E-state index in [1.165, 1.54) is 0 Å². The van der Waals surface area contributed by atoms with Gasteiger partial charge in [0.2, 0.25) is 0 Å². The van der Waals surface area contributed by atoms with E-state index in [4.69, 9.17) is 4.74 Å². The third-order valence-corrected chi connectivity index (χ3v) is 2.99. The van der Waals surface area contributed by atoms with Gasteiger partial charge in [-0.1, -0.05) is 40.5 Å². The van der Waals surface area contributed by atoms with Crippen molar-refractivity contribution in [1.82, 2.24) is 0 Å². The van der Waals surface area contributed by atoms with E-state index in [9.17, 15) is 4.79 Å². The normalized spacial score (nSPS) is 13.7. The number of ether oxygens (including phenoxy) is 1. The van der Waals surface area contributed by atoms with Crippen molar-refractivity contribution in [2.75, 3.05) is 0 Å². The van der Waals surface area contributed by atoms with Gasteiger partial charge in [0.15, 0.2) is 0 Å². The van der Waals surface area contributed by atoms with Crippen LogP contribution in [0, 0.1) is 5.41 Å². The summed E-state index contributed by atoms with van der Waals surface area (Å²) in [5.74, 6) is -0.0440. The van der Waals surface area contributed by atoms with Crippen LogP contribution in [0.1, 0.15) is 66.7 Å². The first-order valence-corrected chi connectivity index (χ1v) is 6.10. The molecule has 2 heteroatoms. The van der Waals surface area contributed by atoms with Crippen LogP contribution in [-0.4, -0.2) is 12.1 Å². The van der Waals surface area contributed by atoms with E-state index in [-0.39, 0.29) is 17.5 Å². The number of rotatable bonds is 7. The maximum absolute atomic E-state index is 11.5. The fourth-order valence-electron chi connectivity index (χ4n) is 1.37. The van der Waals surface area contributed by atoms with Crippen molar-refractivity contribution >= 4 is 5.97 Å². The lowest BCUT2D eigenvalue weighted by molar-refractivity contribution is -0.149. The maximum atomic E-state index is 11.5. The molecule has 0 saturated heterocycles. The highest BCUT2D eigenvalue weighted by Crippen LogP contribution is 2.26. The zero-order chi connectivity index (χ0) is 11.9. The van der Waals surface area contributed by atoms with Gasteiger partial charge in [-0.25, -0.2) is 0 Å². The average Bonchev–Trinajstić information content (AvgIpc) is 2.15. The van der Waals surface area contributed by atoms with Crippen molar-refractivity contribution in [3.05, 3.63) is 0 Å². The highest BCUT2D eigenvalue weighted by atomic mass is 16.5. The Kier molecular flexibility index (Phi) is 6.62. The molecule has 0 aliphatic carbocycles. The Morgan fingerprint density at radius 2 is 1.93 bits per heavy atom. The van der Waals surface area contributed by atoms with Crippen LogP contribution in [0.5, 0.6) is 0 Å². The minimum absolute atomic E-state index is 0.0440. The standard InChI is InChI=1S/C13H26O2/c1-6-8-11(3)15-12(14)9-10-13(4,5)7-2/h11H,6-10H2,1-5H3. The average molecular weight is 214 g/mol. The highest BCUT2D eigenvalue weighted by molar-refractivity contribution is 5.69. The lowest BCUT2D eigenvalue weighted by Gasteiger charge is -2.22. The third-order valence-electron chi connectivity index (χ3n) is 2.99. The van der Waals surface area contributed by atoms with Crippen molar-refractivity contribution in [3.8, 4) is 0 Å². The number of carbonyl (C=O) groups excluding carboxylic acids is 1. The molecular weight excluding hydrogens is 188 g/mol. The topological polar surface area (TPSA) is 26.3 Å². The van der Waals surface area contributed by atoms with Crippen LogP contribution in [0.2, 0.25) is 0 Å². The second kappa shape index (κ2) is 6.86. The Hall–Kier alpha value is -0.530. The molecule has 0 bridgehead atoms. The smallest absolute Gasteiger partial charge is 0.306 e. The summed E-state index contributed by atoms with van der Waals surface area (Å²) >= 11 is 0. The molecule has 0 N–H and O–H groups in total. The van der Waals surface area contributed by atoms with Gasteiger partial charge in [-0.05, 0) is 25.2 Å². The Balaban J connectivity index is 3.75. The lowest BCUT2D eigenvalue weighted by Crippen LogP contribution is -2.18. The predicted molar refractivity (Wildman–Crippen MR) is 63.8 cm³/mol. The molecule has 1 atom stereocenters. The predicted octanol–water partition coefficient (Wildman–Crippen LogP) is 3.93. The summed E-state index contributed by atoms with van der Waals surface area (Å²) in [6.45, 7) is 10.6. The molecule has 0 aliphatic heterocycles. The Morgan fingerprint density at radius 1 is 1.33 bits per heavy atom. The molecule has 2 nitrogen and oxygen atoms in total. The quantitative estimate of drug-likeness (QED) is 0.600. The molecule has 0 aromatic carbocycles. The molecule has 0 fully saturated rings. The number of hydrogen-bond acceptors (Lipinski definition) is 2. The molecule has 0 radical (unpaired) electrons. The summed E-state index contributed by atoms with van der Waals surface area (Å²) < 4.78 is 5.29. The monoisotopic (exact) mass is 214 g/mol. The van der Waals surface area contributed by atoms with Gasteiger partial charge in [-0.2, -0.15) is 0 Å². The fourth-order valence-corrected chi connectivity index (χ4v) is 1.37. The Morgan fingerprint density at radius 3 is 2.40 bits per heavy atom. The number of esters is 1. The first-order chi connectivity index (χ1) is 6.91. The molecule has 0 spiro atoms. The van der Waals surface area contributed by atoms with E-state index in [1.54, 1.807) is 0 Å². The molecule has 90 valence electrons. The van der Waals surface area contributed by atoms with Crippen molar-refractivity contribution in [3.63, 3.8) is 0 Å². The van der Waals surface area contributed by atoms with Gasteiger partial charge >= 0.3 is 5.97 Å². The summed E-state index contributed by atoms with van der Waals surface area (Å²) in [6, 6.07) is 0. The largest absolute Gasteiger partial charge is 0.463 e. The summed E-state index contributed by atoms with van der Waals surface area (Å²) in [7, 11) is 0. The van der Waals surface area contributed by atoms with Gasteiger partial charge < -0.3 is 4.74 Å². The summed E-state index contributed by atoms with van der Waals surface area (Å²) in [5.41, 5.74) is 0.257. The fraction of sp³-hybridized carbons (Fsp3) is 0.923. The Bertz CT molecular complexity index is 185. The van der Waals surface area contributed by atoms with E-state index in [1.807, 2.05) is 6.92 Å². The van der Waals surface area contributed by atoms with Crippen molar-refractivity contribution in [2.24, 2.45) is 5.41 Å². The molecule has 0 aliphatic rings. The number of carbonyl (C=O) groups is 1. The zero-order valence-electron chi connectivity index (χ0n) is 10.9. The maximum Gasteiger partial charge on any atom is 0.306 e. The molecule has 0 aromatic rings. The summed E-state index contributed by atoms with van der Waals surface area (Å²) in [6.07, 6.45) is 4.67. The lowest BCUT2D eigenvalue weighted by atomic mass is 9.85. The van der Waals surface area contributed by atoms with Crippen molar-refractivity contribution in [2.45, 2.75) is 72.8 Å². The van der Waals surface area contributed by atoms with Gasteiger partial charge in [-0.15, -0.1) is 0 Å². The SMILES string of the molecule is CCCC(C)OC(=O)CCC(C)(C)CC. The summed E-state index contributed by atoms with van der Waals surface area (Å²) in [4.78, 5) is 11.5. The molecule has 0 heterocycles. The van der Waals surface area contributed by atoms with Crippen LogP contribution in [0.4, 0.5) is 0 Å². The molecule has 1 unspecified atom stereocenters. The zero-order valence-corrected chi connectivity index (χ0v) is 10.9. The molecule has 0 amide bonds. The van der Waals surface area contributed by atoms with Gasteiger partial charge in [-0.3, -0.25) is 4.79 Å². The second-order valence-electron chi connectivity index (χ2n) is 5.11. The van der Waals surface area contributed by atoms with Crippen molar-refractivity contribution < 1.29 is 9.53 Å². The van der Waals surface area contributed by atoms with Gasteiger partial charge in [0.1, 0.15) is 0 Å². The van der Waals surface area contributed by atoms with Gasteiger partial charge in [0.25, 0.3) is 0 Å². The van der Waals surface area contributed by atoms with Crippen LogP contribution in [-0.2, 0) is 9.53 Å². The van der Waals surface area contributed by atoms with E-state index in [0.717, 1.165) is 25.7 Å². The number of hydrogen-bond donors (Lipinski definition) is 0. The van der Waals surface area contributed by atoms with E-state index in [0.29, 0.717) is 6.42 Å². The molecule has 15 heavy (non-hydrogen) atoms. The third kappa shape index (κ3) is 7.40. The van der Waals surface area contributed by atoms with Crippen LogP contribution in [0.3, 0.4) is 0 Å². The first-order valence-electron chi connectivity index (χ1n) is 6.10. The van der Waals surface area contributed by atoms with Crippen LogP contribution < -0.4 is 0 Å². The minimum Gasteiger partial charge on any atom is -0.463 e. The minimum atomic E-state index is -0.0440. The molecule has 0 rings (SSSR count). The van der Waals surface area contributed by atoms with Crippen LogP contribution in [0.25, 0.3) is 0 Å². The van der Waals surface area contributed by atoms with E-state index in [2.05, 4.69) is 27.7 Å². The van der Waals surface area contributed by atoms with Crippen LogP contribution >= 0.6 is 0 Å². The molecule has 0 saturated carbocycles. The highest BCUT2D eigenvalue weighted by Gasteiger charge is 2.18. The van der Waals surface area contributed by atoms with Gasteiger partial charge in [0, 0.05) is 6.42 Å². The van der Waals surface area contributed by atoms with E-state index >= 15 is 0 Å². The van der Waals surface area contributed by atoms with Gasteiger partial charge in [0.05, 0.1) is 6.10 Å². The molecule has 0 aromatic heterocycles. The molecular formula is C13H26O2.